The smallest absolute Gasteiger partial charge is 0.0832 e. The van der Waals surface area contributed by atoms with Crippen LogP contribution in [0.15, 0.2) is 0 Å². The molecule has 0 heterocycles. The van der Waals surface area contributed by atoms with Gasteiger partial charge >= 0.3 is 0 Å². The Kier molecular flexibility index (Phi) is 88.6. The van der Waals surface area contributed by atoms with Crippen LogP contribution in [0.4, 0.5) is 0 Å². The number of alkyl halides is 1. The summed E-state index contributed by atoms with van der Waals surface area (Å²) in [6.07, 6.45) is 1.47. The third-order valence-corrected chi connectivity index (χ3v) is 0. The molecule has 1 atom stereocenters. The molecular formula is CH6Cl3OP. The average molecular weight is 171 g/mol. The molecule has 0 rings (SSSR count). The first-order valence-corrected chi connectivity index (χ1v) is 2.06. The van der Waals surface area contributed by atoms with Crippen LogP contribution in [-0.4, -0.2) is 6.38 Å². The van der Waals surface area contributed by atoms with E-state index in [0.717, 1.165) is 0 Å². The molecule has 5 heteroatoms. The zero-order valence-corrected chi connectivity index (χ0v) is 6.93. The van der Waals surface area contributed by atoms with Crippen molar-refractivity contribution in [3.05, 3.63) is 0 Å². The Morgan fingerprint density at radius 3 is 1.17 bits per heavy atom. The summed E-state index contributed by atoms with van der Waals surface area (Å²) in [4.78, 5) is 0. The molecule has 0 aromatic carbocycles. The summed E-state index contributed by atoms with van der Waals surface area (Å²) in [5, 5.41) is 0. The minimum absolute atomic E-state index is 0. The molecule has 1 nitrogen and oxygen atoms in total. The quantitative estimate of drug-likeness (QED) is 0.401. The number of rotatable bonds is 0. The van der Waals surface area contributed by atoms with E-state index >= 15 is 0 Å². The van der Waals surface area contributed by atoms with Gasteiger partial charge in [0.1, 0.15) is 0 Å². The van der Waals surface area contributed by atoms with E-state index in [1.807, 2.05) is 0 Å². The van der Waals surface area contributed by atoms with Gasteiger partial charge in [-0.3, -0.25) is 0 Å². The summed E-state index contributed by atoms with van der Waals surface area (Å²) in [7, 11) is 0. The summed E-state index contributed by atoms with van der Waals surface area (Å²) in [6, 6.07) is 0. The van der Waals surface area contributed by atoms with Crippen molar-refractivity contribution in [3.63, 3.8) is 0 Å². The Balaban J connectivity index is -0.0000000275. The molecule has 0 aliphatic carbocycles. The molecule has 0 aliphatic rings. The SMILES string of the molecule is CCl.ClOCl.P. The van der Waals surface area contributed by atoms with Crippen LogP contribution >= 0.6 is 45.2 Å². The summed E-state index contributed by atoms with van der Waals surface area (Å²) in [5.41, 5.74) is 0. The van der Waals surface area contributed by atoms with Crippen molar-refractivity contribution in [2.45, 2.75) is 0 Å². The Bertz CT molecular complexity index is 10.8. The molecule has 1 unspecified atom stereocenters. The Morgan fingerprint density at radius 1 is 1.17 bits per heavy atom. The summed E-state index contributed by atoms with van der Waals surface area (Å²) in [5.74, 6) is 0. The first-order chi connectivity index (χ1) is 2.41. The zero-order valence-electron chi connectivity index (χ0n) is 3.25. The molecule has 0 saturated carbocycles. The molecule has 0 amide bonds. The van der Waals surface area contributed by atoms with E-state index < -0.39 is 0 Å². The van der Waals surface area contributed by atoms with Crippen LogP contribution in [0, 0.1) is 0 Å². The number of hydrogen-bond donors (Lipinski definition) is 0. The van der Waals surface area contributed by atoms with E-state index in [1.165, 1.54) is 6.38 Å². The van der Waals surface area contributed by atoms with Gasteiger partial charge in [-0.15, -0.1) is 11.6 Å². The van der Waals surface area contributed by atoms with Gasteiger partial charge in [0.2, 0.25) is 0 Å². The Hall–Kier alpha value is 1.26. The van der Waals surface area contributed by atoms with Crippen molar-refractivity contribution in [2.75, 3.05) is 6.38 Å². The van der Waals surface area contributed by atoms with Crippen molar-refractivity contribution in [3.8, 4) is 0 Å². The normalized spacial score (nSPS) is 4.00. The second-order valence-corrected chi connectivity index (χ2v) is 0.525. The molecular weight excluding hydrogens is 165 g/mol. The second-order valence-electron chi connectivity index (χ2n) is 0.0583. The highest BCUT2D eigenvalue weighted by molar-refractivity contribution is 6.92. The molecule has 0 N–H and O–H groups in total. The average Bonchev–Trinajstić information content (AvgIpc) is 1.46. The van der Waals surface area contributed by atoms with Crippen LogP contribution in [-0.2, 0) is 3.84 Å². The fourth-order valence-electron chi connectivity index (χ4n) is 0. The van der Waals surface area contributed by atoms with E-state index in [-0.39, 0.29) is 9.90 Å². The van der Waals surface area contributed by atoms with Gasteiger partial charge in [0, 0.05) is 6.38 Å². The van der Waals surface area contributed by atoms with Crippen LogP contribution < -0.4 is 0 Å². The van der Waals surface area contributed by atoms with Gasteiger partial charge in [-0.2, -0.15) is 13.7 Å². The number of hydrogen-bond acceptors (Lipinski definition) is 1. The fraction of sp³-hybridized carbons (Fsp3) is 1.00. The van der Waals surface area contributed by atoms with E-state index in [1.54, 1.807) is 0 Å². The number of halogens is 3. The Labute approximate surface area is 55.9 Å². The van der Waals surface area contributed by atoms with Gasteiger partial charge in [0.25, 0.3) is 0 Å². The third-order valence-electron chi connectivity index (χ3n) is 0. The van der Waals surface area contributed by atoms with Crippen molar-refractivity contribution in [1.29, 1.82) is 0 Å². The maximum Gasteiger partial charge on any atom is 0.0832 e. The molecule has 0 aromatic rings. The molecule has 6 heavy (non-hydrogen) atoms. The summed E-state index contributed by atoms with van der Waals surface area (Å²) in [6.45, 7) is 0. The lowest BCUT2D eigenvalue weighted by Crippen LogP contribution is -1.15. The highest BCUT2D eigenvalue weighted by Crippen LogP contribution is 1.78. The van der Waals surface area contributed by atoms with Gasteiger partial charge in [-0.25, -0.2) is 0 Å². The van der Waals surface area contributed by atoms with Gasteiger partial charge < -0.3 is 0 Å². The van der Waals surface area contributed by atoms with Crippen LogP contribution in [0.3, 0.4) is 0 Å². The summed E-state index contributed by atoms with van der Waals surface area (Å²) < 4.78 is 3.19. The molecule has 0 fully saturated rings. The molecule has 0 spiro atoms. The molecule has 42 valence electrons. The van der Waals surface area contributed by atoms with E-state index in [0.29, 0.717) is 0 Å². The molecule has 0 radical (unpaired) electrons. The lowest BCUT2D eigenvalue weighted by atomic mass is 12.0. The Morgan fingerprint density at radius 2 is 1.17 bits per heavy atom. The molecule has 0 saturated heterocycles. The topological polar surface area (TPSA) is 9.23 Å². The highest BCUT2D eigenvalue weighted by Gasteiger charge is 1.38. The molecule has 0 aliphatic heterocycles. The van der Waals surface area contributed by atoms with Crippen molar-refractivity contribution in [1.82, 2.24) is 0 Å². The molecule has 0 bridgehead atoms. The largest absolute Gasteiger partial charge is 0.166 e. The molecule has 0 aromatic heterocycles. The lowest BCUT2D eigenvalue weighted by molar-refractivity contribution is 0.697. The monoisotopic (exact) mass is 170 g/mol. The van der Waals surface area contributed by atoms with Crippen LogP contribution in [0.2, 0.25) is 0 Å². The third kappa shape index (κ3) is 60.1. The van der Waals surface area contributed by atoms with E-state index in [4.69, 9.17) is 0 Å². The second kappa shape index (κ2) is 33.9. The van der Waals surface area contributed by atoms with E-state index in [2.05, 4.69) is 39.2 Å². The van der Waals surface area contributed by atoms with Crippen molar-refractivity contribution in [2.24, 2.45) is 0 Å². The maximum absolute atomic E-state index is 4.64. The first kappa shape index (κ1) is 15.7. The van der Waals surface area contributed by atoms with Gasteiger partial charge in [0.15, 0.2) is 0 Å². The minimum Gasteiger partial charge on any atom is -0.166 e. The van der Waals surface area contributed by atoms with Gasteiger partial charge in [0.05, 0.1) is 23.7 Å². The van der Waals surface area contributed by atoms with Crippen molar-refractivity contribution >= 4 is 45.2 Å². The minimum atomic E-state index is 0. The van der Waals surface area contributed by atoms with Gasteiger partial charge in [-0.1, -0.05) is 0 Å². The zero-order chi connectivity index (χ0) is 4.71. The predicted molar refractivity (Wildman–Crippen MR) is 35.7 cm³/mol. The van der Waals surface area contributed by atoms with Crippen LogP contribution in [0.5, 0.6) is 0 Å². The highest BCUT2D eigenvalue weighted by atomic mass is 35.6. The first-order valence-electron chi connectivity index (χ1n) is 0.687. The lowest BCUT2D eigenvalue weighted by Gasteiger charge is -1.46. The van der Waals surface area contributed by atoms with E-state index in [9.17, 15) is 0 Å². The van der Waals surface area contributed by atoms with Crippen LogP contribution in [0.1, 0.15) is 0 Å². The van der Waals surface area contributed by atoms with Crippen LogP contribution in [0.25, 0.3) is 0 Å². The van der Waals surface area contributed by atoms with Crippen molar-refractivity contribution < 1.29 is 3.84 Å². The maximum atomic E-state index is 4.64. The van der Waals surface area contributed by atoms with Gasteiger partial charge in [-0.05, 0) is 0 Å². The fourth-order valence-corrected chi connectivity index (χ4v) is 0. The summed E-state index contributed by atoms with van der Waals surface area (Å²) >= 11 is 13.2. The predicted octanol–water partition coefficient (Wildman–Crippen LogP) is 2.22. The standard InChI is InChI=1S/CH3Cl.Cl2O.H3P/c1-2;1-3-2;/h1H3;;1H3.